The van der Waals surface area contributed by atoms with Gasteiger partial charge in [0.1, 0.15) is 5.75 Å². The van der Waals surface area contributed by atoms with Crippen molar-refractivity contribution in [3.05, 3.63) is 65.7 Å². The summed E-state index contributed by atoms with van der Waals surface area (Å²) in [4.78, 5) is 15.0. The van der Waals surface area contributed by atoms with Gasteiger partial charge in [0.2, 0.25) is 0 Å². The number of ether oxygens (including phenoxy) is 2. The van der Waals surface area contributed by atoms with Crippen molar-refractivity contribution in [1.29, 1.82) is 0 Å². The van der Waals surface area contributed by atoms with Gasteiger partial charge in [-0.15, -0.1) is 0 Å². The fourth-order valence-electron chi connectivity index (χ4n) is 2.81. The molecule has 0 saturated carbocycles. The Labute approximate surface area is 178 Å². The largest absolute Gasteiger partial charge is 0.484 e. The molecule has 0 heterocycles. The molecule has 162 valence electrons. The van der Waals surface area contributed by atoms with E-state index in [2.05, 4.69) is 34.7 Å². The minimum Gasteiger partial charge on any atom is -0.484 e. The fourth-order valence-corrected chi connectivity index (χ4v) is 2.81. The van der Waals surface area contributed by atoms with Crippen LogP contribution in [0.15, 0.2) is 59.6 Å². The lowest BCUT2D eigenvalue weighted by Gasteiger charge is -2.15. The van der Waals surface area contributed by atoms with Gasteiger partial charge in [0.25, 0.3) is 5.91 Å². The maximum absolute atomic E-state index is 10.7. The zero-order valence-corrected chi connectivity index (χ0v) is 17.8. The average molecular weight is 413 g/mol. The molecule has 7 heteroatoms. The maximum Gasteiger partial charge on any atom is 0.255 e. The number of rotatable bonds is 12. The Balaban J connectivity index is 1.59. The van der Waals surface area contributed by atoms with Crippen LogP contribution in [0.1, 0.15) is 30.6 Å². The van der Waals surface area contributed by atoms with E-state index in [4.69, 9.17) is 15.2 Å². The molecule has 0 aliphatic carbocycles. The lowest BCUT2D eigenvalue weighted by Crippen LogP contribution is -2.39. The van der Waals surface area contributed by atoms with E-state index in [1.807, 2.05) is 42.5 Å². The number of nitrogens with one attached hydrogen (secondary N) is 2. The van der Waals surface area contributed by atoms with Crippen LogP contribution in [0.4, 0.5) is 0 Å². The second-order valence-corrected chi connectivity index (χ2v) is 6.85. The molecule has 1 amide bonds. The molecule has 7 nitrogen and oxygen atoms in total. The number of benzene rings is 2. The lowest BCUT2D eigenvalue weighted by molar-refractivity contribution is -0.119. The van der Waals surface area contributed by atoms with Gasteiger partial charge in [0, 0.05) is 26.7 Å². The van der Waals surface area contributed by atoms with Gasteiger partial charge in [0.05, 0.1) is 6.10 Å². The van der Waals surface area contributed by atoms with Crippen molar-refractivity contribution in [1.82, 2.24) is 10.6 Å². The van der Waals surface area contributed by atoms with Gasteiger partial charge in [-0.1, -0.05) is 42.5 Å². The maximum atomic E-state index is 10.7. The Bertz CT molecular complexity index is 779. The molecule has 0 spiro atoms. The molecule has 2 aromatic rings. The molecule has 1 unspecified atom stereocenters. The summed E-state index contributed by atoms with van der Waals surface area (Å²) in [5, 5.41) is 6.60. The highest BCUT2D eigenvalue weighted by Gasteiger charge is 2.04. The standard InChI is InChI=1S/C23H32N4O3/c1-18(20-7-4-3-5-8-20)29-16-6-14-26-23(25-2)27-15-13-19-9-11-21(12-10-19)30-17-22(24)28/h3-5,7-12,18H,6,13-17H2,1-2H3,(H2,24,28)(H2,25,26,27). The van der Waals surface area contributed by atoms with Gasteiger partial charge in [-0.3, -0.25) is 9.79 Å². The SMILES string of the molecule is CN=C(NCCCOC(C)c1ccccc1)NCCc1ccc(OCC(N)=O)cc1. The number of hydrogen-bond acceptors (Lipinski definition) is 4. The Kier molecular flexibility index (Phi) is 10.2. The molecule has 30 heavy (non-hydrogen) atoms. The number of nitrogens with zero attached hydrogens (tertiary/aromatic N) is 1. The number of nitrogens with two attached hydrogens (primary N) is 1. The summed E-state index contributed by atoms with van der Waals surface area (Å²) in [6.45, 7) is 4.18. The molecule has 0 fully saturated rings. The van der Waals surface area contributed by atoms with Gasteiger partial charge in [-0.2, -0.15) is 0 Å². The van der Waals surface area contributed by atoms with Gasteiger partial charge in [-0.25, -0.2) is 0 Å². The number of guanidine groups is 1. The van der Waals surface area contributed by atoms with E-state index in [0.717, 1.165) is 37.5 Å². The topological polar surface area (TPSA) is 98.0 Å². The van der Waals surface area contributed by atoms with Crippen LogP contribution in [0.25, 0.3) is 0 Å². The Hall–Kier alpha value is -3.06. The highest BCUT2D eigenvalue weighted by atomic mass is 16.5. The molecule has 0 bridgehead atoms. The molecule has 4 N–H and O–H groups in total. The first-order chi connectivity index (χ1) is 14.6. The van der Waals surface area contributed by atoms with Gasteiger partial charge < -0.3 is 25.8 Å². The molecule has 0 aliphatic heterocycles. The van der Waals surface area contributed by atoms with Crippen molar-refractivity contribution in [2.45, 2.75) is 25.9 Å². The second kappa shape index (κ2) is 13.2. The van der Waals surface area contributed by atoms with Gasteiger partial charge >= 0.3 is 0 Å². The molecule has 0 aromatic heterocycles. The minimum absolute atomic E-state index is 0.0937. The summed E-state index contributed by atoms with van der Waals surface area (Å²) in [6.07, 6.45) is 1.83. The summed E-state index contributed by atoms with van der Waals surface area (Å²) < 4.78 is 11.1. The monoisotopic (exact) mass is 412 g/mol. The number of carbonyl (C=O) groups is 1. The quantitative estimate of drug-likeness (QED) is 0.283. The Morgan fingerprint density at radius 3 is 2.43 bits per heavy atom. The van der Waals surface area contributed by atoms with E-state index in [1.165, 1.54) is 5.56 Å². The highest BCUT2D eigenvalue weighted by molar-refractivity contribution is 5.79. The molecular weight excluding hydrogens is 380 g/mol. The summed E-state index contributed by atoms with van der Waals surface area (Å²) in [5.74, 6) is 0.915. The smallest absolute Gasteiger partial charge is 0.255 e. The van der Waals surface area contributed by atoms with Crippen LogP contribution in [0.5, 0.6) is 5.75 Å². The summed E-state index contributed by atoms with van der Waals surface area (Å²) in [7, 11) is 1.76. The molecule has 2 rings (SSSR count). The predicted octanol–water partition coefficient (Wildman–Crippen LogP) is 2.43. The number of primary amides is 1. The summed E-state index contributed by atoms with van der Waals surface area (Å²) >= 11 is 0. The minimum atomic E-state index is -0.487. The van der Waals surface area contributed by atoms with Crippen molar-refractivity contribution in [2.75, 3.05) is 33.4 Å². The van der Waals surface area contributed by atoms with Crippen LogP contribution in [0.3, 0.4) is 0 Å². The van der Waals surface area contributed by atoms with E-state index >= 15 is 0 Å². The normalized spacial score (nSPS) is 12.3. The van der Waals surface area contributed by atoms with E-state index in [-0.39, 0.29) is 12.7 Å². The third kappa shape index (κ3) is 8.96. The van der Waals surface area contributed by atoms with Gasteiger partial charge in [-0.05, 0) is 43.0 Å². The van der Waals surface area contributed by atoms with Crippen molar-refractivity contribution < 1.29 is 14.3 Å². The van der Waals surface area contributed by atoms with E-state index in [9.17, 15) is 4.79 Å². The molecule has 1 atom stereocenters. The average Bonchev–Trinajstić information content (AvgIpc) is 2.77. The number of carbonyl (C=O) groups excluding carboxylic acids is 1. The summed E-state index contributed by atoms with van der Waals surface area (Å²) in [6, 6.07) is 17.8. The fraction of sp³-hybridized carbons (Fsp3) is 0.391. The van der Waals surface area contributed by atoms with E-state index in [0.29, 0.717) is 12.4 Å². The second-order valence-electron chi connectivity index (χ2n) is 6.85. The van der Waals surface area contributed by atoms with Crippen molar-refractivity contribution in [3.63, 3.8) is 0 Å². The first kappa shape index (κ1) is 23.2. The Morgan fingerprint density at radius 1 is 1.07 bits per heavy atom. The zero-order valence-electron chi connectivity index (χ0n) is 17.8. The first-order valence-corrected chi connectivity index (χ1v) is 10.2. The third-order valence-electron chi connectivity index (χ3n) is 4.48. The highest BCUT2D eigenvalue weighted by Crippen LogP contribution is 2.15. The van der Waals surface area contributed by atoms with Crippen LogP contribution in [-0.4, -0.2) is 45.2 Å². The van der Waals surface area contributed by atoms with Gasteiger partial charge in [0.15, 0.2) is 12.6 Å². The predicted molar refractivity (Wildman–Crippen MR) is 120 cm³/mol. The molecule has 0 aliphatic rings. The number of aliphatic imine (C=N–C) groups is 1. The van der Waals surface area contributed by atoms with E-state index in [1.54, 1.807) is 7.05 Å². The van der Waals surface area contributed by atoms with Crippen LogP contribution in [0, 0.1) is 0 Å². The van der Waals surface area contributed by atoms with Crippen LogP contribution in [0.2, 0.25) is 0 Å². The van der Waals surface area contributed by atoms with Crippen molar-refractivity contribution >= 4 is 11.9 Å². The molecule has 0 radical (unpaired) electrons. The third-order valence-corrected chi connectivity index (χ3v) is 4.48. The lowest BCUT2D eigenvalue weighted by atomic mass is 10.1. The Morgan fingerprint density at radius 2 is 1.77 bits per heavy atom. The molecule has 2 aromatic carbocycles. The van der Waals surface area contributed by atoms with Crippen molar-refractivity contribution in [2.24, 2.45) is 10.7 Å². The van der Waals surface area contributed by atoms with E-state index < -0.39 is 5.91 Å². The zero-order chi connectivity index (χ0) is 21.6. The number of amides is 1. The molecule has 0 saturated heterocycles. The van der Waals surface area contributed by atoms with Crippen molar-refractivity contribution in [3.8, 4) is 5.75 Å². The van der Waals surface area contributed by atoms with Crippen LogP contribution in [-0.2, 0) is 16.0 Å². The van der Waals surface area contributed by atoms with Crippen LogP contribution >= 0.6 is 0 Å². The van der Waals surface area contributed by atoms with Crippen LogP contribution < -0.4 is 21.1 Å². The number of hydrogen-bond donors (Lipinski definition) is 3. The molecular formula is C23H32N4O3. The first-order valence-electron chi connectivity index (χ1n) is 10.2. The summed E-state index contributed by atoms with van der Waals surface area (Å²) in [5.41, 5.74) is 7.42.